The van der Waals surface area contributed by atoms with Crippen molar-refractivity contribution in [3.63, 3.8) is 0 Å². The van der Waals surface area contributed by atoms with Crippen LogP contribution in [0.1, 0.15) is 37.9 Å². The molecule has 3 aromatic heterocycles. The SMILES string of the molecule is CC(C)(C)c1cc(-c2nn3c(Cc4ccc(F)cc4)nnc3s2)n[nH]1. The molecular formula is C17H17FN6S. The third kappa shape index (κ3) is 3.05. The van der Waals surface area contributed by atoms with Gasteiger partial charge in [0, 0.05) is 17.5 Å². The monoisotopic (exact) mass is 356 g/mol. The number of halogens is 1. The summed E-state index contributed by atoms with van der Waals surface area (Å²) in [4.78, 5) is 0.715. The van der Waals surface area contributed by atoms with Crippen molar-refractivity contribution in [2.24, 2.45) is 0 Å². The molecule has 0 amide bonds. The van der Waals surface area contributed by atoms with Gasteiger partial charge in [-0.25, -0.2) is 4.39 Å². The quantitative estimate of drug-likeness (QED) is 0.609. The lowest BCUT2D eigenvalue weighted by Crippen LogP contribution is -2.11. The molecule has 0 saturated carbocycles. The van der Waals surface area contributed by atoms with E-state index >= 15 is 0 Å². The molecule has 0 saturated heterocycles. The number of hydrogen-bond acceptors (Lipinski definition) is 5. The first kappa shape index (κ1) is 15.9. The second kappa shape index (κ2) is 5.73. The van der Waals surface area contributed by atoms with Crippen LogP contribution in [0.3, 0.4) is 0 Å². The van der Waals surface area contributed by atoms with Gasteiger partial charge in [0.2, 0.25) is 4.96 Å². The molecule has 0 radical (unpaired) electrons. The van der Waals surface area contributed by atoms with E-state index in [1.54, 1.807) is 16.6 Å². The first-order valence-corrected chi connectivity index (χ1v) is 8.73. The van der Waals surface area contributed by atoms with Gasteiger partial charge in [-0.05, 0) is 23.8 Å². The topological polar surface area (TPSA) is 71.8 Å². The smallest absolute Gasteiger partial charge is 0.235 e. The van der Waals surface area contributed by atoms with E-state index in [-0.39, 0.29) is 11.2 Å². The van der Waals surface area contributed by atoms with Crippen molar-refractivity contribution in [2.75, 3.05) is 0 Å². The molecule has 0 bridgehead atoms. The standard InChI is InChI=1S/C17H17FN6S/c1-17(2,3)13-9-12(19-20-13)15-23-24-14(21-22-16(24)25-15)8-10-4-6-11(18)7-5-10/h4-7,9H,8H2,1-3H3,(H,19,20). The Morgan fingerprint density at radius 3 is 2.60 bits per heavy atom. The summed E-state index contributed by atoms with van der Waals surface area (Å²) in [6.07, 6.45) is 0.540. The molecule has 0 aliphatic carbocycles. The van der Waals surface area contributed by atoms with Crippen LogP contribution < -0.4 is 0 Å². The summed E-state index contributed by atoms with van der Waals surface area (Å²) >= 11 is 1.44. The Morgan fingerprint density at radius 2 is 1.92 bits per heavy atom. The number of aromatic amines is 1. The Hall–Kier alpha value is -2.61. The third-order valence-electron chi connectivity index (χ3n) is 3.94. The van der Waals surface area contributed by atoms with Crippen LogP contribution in [0, 0.1) is 5.82 Å². The molecule has 1 aromatic carbocycles. The predicted molar refractivity (Wildman–Crippen MR) is 94.1 cm³/mol. The van der Waals surface area contributed by atoms with Gasteiger partial charge in [-0.1, -0.05) is 44.2 Å². The molecule has 0 aliphatic heterocycles. The predicted octanol–water partition coefficient (Wildman–Crippen LogP) is 3.60. The molecule has 0 fully saturated rings. The van der Waals surface area contributed by atoms with Crippen LogP contribution >= 0.6 is 11.3 Å². The lowest BCUT2D eigenvalue weighted by molar-refractivity contribution is 0.567. The Bertz CT molecular complexity index is 1020. The van der Waals surface area contributed by atoms with Crippen molar-refractivity contribution >= 4 is 16.3 Å². The molecule has 3 heterocycles. The second-order valence-electron chi connectivity index (χ2n) is 6.94. The second-order valence-corrected chi connectivity index (χ2v) is 7.89. The maximum absolute atomic E-state index is 13.0. The molecule has 25 heavy (non-hydrogen) atoms. The van der Waals surface area contributed by atoms with E-state index in [9.17, 15) is 4.39 Å². The maximum atomic E-state index is 13.0. The highest BCUT2D eigenvalue weighted by Gasteiger charge is 2.20. The van der Waals surface area contributed by atoms with Gasteiger partial charge in [0.25, 0.3) is 0 Å². The highest BCUT2D eigenvalue weighted by molar-refractivity contribution is 7.19. The number of hydrogen-bond donors (Lipinski definition) is 1. The van der Waals surface area contributed by atoms with Crippen LogP contribution in [0.5, 0.6) is 0 Å². The Morgan fingerprint density at radius 1 is 1.16 bits per heavy atom. The molecule has 0 atom stereocenters. The van der Waals surface area contributed by atoms with Gasteiger partial charge in [-0.3, -0.25) is 5.10 Å². The molecule has 128 valence electrons. The fourth-order valence-electron chi connectivity index (χ4n) is 2.47. The van der Waals surface area contributed by atoms with Gasteiger partial charge in [0.05, 0.1) is 0 Å². The Kier molecular flexibility index (Phi) is 3.64. The van der Waals surface area contributed by atoms with Crippen LogP contribution in [0.4, 0.5) is 4.39 Å². The first-order valence-electron chi connectivity index (χ1n) is 7.92. The molecule has 6 nitrogen and oxygen atoms in total. The zero-order chi connectivity index (χ0) is 17.6. The minimum Gasteiger partial charge on any atom is -0.281 e. The minimum absolute atomic E-state index is 0.00203. The van der Waals surface area contributed by atoms with Gasteiger partial charge in [-0.15, -0.1) is 10.2 Å². The van der Waals surface area contributed by atoms with Crippen molar-refractivity contribution in [2.45, 2.75) is 32.6 Å². The molecule has 0 unspecified atom stereocenters. The summed E-state index contributed by atoms with van der Waals surface area (Å²) < 4.78 is 14.8. The summed E-state index contributed by atoms with van der Waals surface area (Å²) in [7, 11) is 0. The van der Waals surface area contributed by atoms with E-state index in [0.717, 1.165) is 27.8 Å². The Labute approximate surface area is 147 Å². The molecule has 0 spiro atoms. The lowest BCUT2D eigenvalue weighted by atomic mass is 9.92. The number of H-pyrrole nitrogens is 1. The van der Waals surface area contributed by atoms with Gasteiger partial charge >= 0.3 is 0 Å². The van der Waals surface area contributed by atoms with Crippen LogP contribution in [-0.2, 0) is 11.8 Å². The average Bonchev–Trinajstić information content (AvgIpc) is 3.25. The average molecular weight is 356 g/mol. The zero-order valence-corrected chi connectivity index (χ0v) is 14.9. The molecule has 4 rings (SSSR count). The van der Waals surface area contributed by atoms with Crippen LogP contribution in [0.15, 0.2) is 30.3 Å². The van der Waals surface area contributed by atoms with Crippen LogP contribution in [0.2, 0.25) is 0 Å². The van der Waals surface area contributed by atoms with Crippen molar-refractivity contribution in [1.82, 2.24) is 30.0 Å². The molecular weight excluding hydrogens is 339 g/mol. The number of nitrogens with one attached hydrogen (secondary N) is 1. The molecule has 1 N–H and O–H groups in total. The third-order valence-corrected chi connectivity index (χ3v) is 4.86. The van der Waals surface area contributed by atoms with Crippen molar-refractivity contribution in [3.05, 3.63) is 53.2 Å². The molecule has 0 aliphatic rings. The van der Waals surface area contributed by atoms with E-state index in [0.29, 0.717) is 11.4 Å². The van der Waals surface area contributed by atoms with E-state index in [4.69, 9.17) is 0 Å². The number of nitrogens with zero attached hydrogens (tertiary/aromatic N) is 5. The van der Waals surface area contributed by atoms with Crippen molar-refractivity contribution in [3.8, 4) is 10.7 Å². The highest BCUT2D eigenvalue weighted by Crippen LogP contribution is 2.28. The minimum atomic E-state index is -0.251. The molecule has 4 aromatic rings. The summed E-state index contributed by atoms with van der Waals surface area (Å²) in [6, 6.07) is 8.39. The number of aromatic nitrogens is 6. The fourth-order valence-corrected chi connectivity index (χ4v) is 3.29. The Balaban J connectivity index is 1.66. The van der Waals surface area contributed by atoms with Crippen LogP contribution in [0.25, 0.3) is 15.7 Å². The molecule has 8 heteroatoms. The maximum Gasteiger partial charge on any atom is 0.235 e. The van der Waals surface area contributed by atoms with Gasteiger partial charge in [0.1, 0.15) is 11.5 Å². The van der Waals surface area contributed by atoms with Crippen molar-refractivity contribution in [1.29, 1.82) is 0 Å². The van der Waals surface area contributed by atoms with Crippen LogP contribution in [-0.4, -0.2) is 30.0 Å². The number of fused-ring (bicyclic) bond motifs is 1. The number of rotatable bonds is 3. The van der Waals surface area contributed by atoms with E-state index in [1.165, 1.54) is 23.5 Å². The number of benzene rings is 1. The van der Waals surface area contributed by atoms with Gasteiger partial charge < -0.3 is 0 Å². The van der Waals surface area contributed by atoms with E-state index in [2.05, 4.69) is 46.3 Å². The normalized spacial score (nSPS) is 12.2. The van der Waals surface area contributed by atoms with E-state index in [1.807, 2.05) is 6.07 Å². The van der Waals surface area contributed by atoms with Gasteiger partial charge in [-0.2, -0.15) is 14.7 Å². The lowest BCUT2D eigenvalue weighted by Gasteiger charge is -2.14. The summed E-state index contributed by atoms with van der Waals surface area (Å²) in [5, 5.41) is 21.2. The van der Waals surface area contributed by atoms with E-state index < -0.39 is 0 Å². The largest absolute Gasteiger partial charge is 0.281 e. The zero-order valence-electron chi connectivity index (χ0n) is 14.1. The van der Waals surface area contributed by atoms with Crippen molar-refractivity contribution < 1.29 is 4.39 Å². The first-order chi connectivity index (χ1) is 11.9. The summed E-state index contributed by atoms with van der Waals surface area (Å²) in [5.41, 5.74) is 2.81. The fraction of sp³-hybridized carbons (Fsp3) is 0.294. The summed E-state index contributed by atoms with van der Waals surface area (Å²) in [6.45, 7) is 6.39. The highest BCUT2D eigenvalue weighted by atomic mass is 32.1. The van der Waals surface area contributed by atoms with Gasteiger partial charge in [0.15, 0.2) is 10.8 Å². The summed E-state index contributed by atoms with van der Waals surface area (Å²) in [5.74, 6) is 0.468.